The Morgan fingerprint density at radius 2 is 1.89 bits per heavy atom. The number of carbonyl (C=O) groups is 2. The molecule has 1 saturated carbocycles. The van der Waals surface area contributed by atoms with E-state index < -0.39 is 0 Å². The summed E-state index contributed by atoms with van der Waals surface area (Å²) in [5.41, 5.74) is 5.44. The fourth-order valence-electron chi connectivity index (χ4n) is 1.41. The van der Waals surface area contributed by atoms with Crippen molar-refractivity contribution in [3.8, 4) is 0 Å². The molecule has 2 rings (SSSR count). The molecule has 2 amide bonds. The van der Waals surface area contributed by atoms with E-state index in [9.17, 15) is 9.59 Å². The van der Waals surface area contributed by atoms with Crippen LogP contribution in [0.15, 0.2) is 28.7 Å². The standard InChI is InChI=1S/C12H12BrN3O2S/c13-9-4-2-1-3-8(9)11(18)14-12(19)16-15-10(17)7-5-6-7/h1-4,7H,5-6H2,(H,15,17)(H2,14,16,18,19). The highest BCUT2D eigenvalue weighted by Gasteiger charge is 2.29. The lowest BCUT2D eigenvalue weighted by Crippen LogP contribution is -2.48. The molecule has 1 aromatic rings. The van der Waals surface area contributed by atoms with Crippen LogP contribution in [-0.2, 0) is 4.79 Å². The van der Waals surface area contributed by atoms with E-state index in [0.717, 1.165) is 12.8 Å². The molecule has 19 heavy (non-hydrogen) atoms. The van der Waals surface area contributed by atoms with E-state index in [-0.39, 0.29) is 22.8 Å². The second-order valence-corrected chi connectivity index (χ2v) is 5.41. The van der Waals surface area contributed by atoms with Crippen LogP contribution < -0.4 is 16.2 Å². The maximum atomic E-state index is 11.9. The maximum absolute atomic E-state index is 11.9. The first kappa shape index (κ1) is 14.0. The van der Waals surface area contributed by atoms with Crippen LogP contribution in [-0.4, -0.2) is 16.9 Å². The molecule has 1 fully saturated rings. The van der Waals surface area contributed by atoms with Gasteiger partial charge in [0.25, 0.3) is 5.91 Å². The van der Waals surface area contributed by atoms with Gasteiger partial charge in [-0.3, -0.25) is 25.8 Å². The predicted octanol–water partition coefficient (Wildman–Crippen LogP) is 1.49. The molecule has 0 spiro atoms. The second-order valence-electron chi connectivity index (χ2n) is 4.15. The van der Waals surface area contributed by atoms with Crippen molar-refractivity contribution in [3.05, 3.63) is 34.3 Å². The largest absolute Gasteiger partial charge is 0.298 e. The van der Waals surface area contributed by atoms with E-state index in [1.54, 1.807) is 18.2 Å². The van der Waals surface area contributed by atoms with Crippen molar-refractivity contribution < 1.29 is 9.59 Å². The fourth-order valence-corrected chi connectivity index (χ4v) is 2.02. The number of thiocarbonyl (C=S) groups is 1. The zero-order valence-corrected chi connectivity index (χ0v) is 12.3. The Morgan fingerprint density at radius 3 is 2.53 bits per heavy atom. The monoisotopic (exact) mass is 341 g/mol. The van der Waals surface area contributed by atoms with E-state index in [0.29, 0.717) is 10.0 Å². The van der Waals surface area contributed by atoms with Gasteiger partial charge in [0.1, 0.15) is 0 Å². The SMILES string of the molecule is O=C(NC(=S)NNC(=O)C1CC1)c1ccccc1Br. The summed E-state index contributed by atoms with van der Waals surface area (Å²) in [4.78, 5) is 23.3. The molecule has 0 unspecified atom stereocenters. The van der Waals surface area contributed by atoms with Crippen LogP contribution in [0.5, 0.6) is 0 Å². The van der Waals surface area contributed by atoms with Gasteiger partial charge < -0.3 is 0 Å². The molecule has 100 valence electrons. The molecule has 5 nitrogen and oxygen atoms in total. The molecule has 0 bridgehead atoms. The molecule has 0 saturated heterocycles. The normalized spacial score (nSPS) is 13.5. The van der Waals surface area contributed by atoms with E-state index >= 15 is 0 Å². The van der Waals surface area contributed by atoms with Crippen molar-refractivity contribution in [2.45, 2.75) is 12.8 Å². The Morgan fingerprint density at radius 1 is 1.21 bits per heavy atom. The number of amides is 2. The number of nitrogens with one attached hydrogen (secondary N) is 3. The van der Waals surface area contributed by atoms with Crippen LogP contribution in [0.25, 0.3) is 0 Å². The summed E-state index contributed by atoms with van der Waals surface area (Å²) in [5.74, 6) is -0.364. The van der Waals surface area contributed by atoms with Crippen LogP contribution in [0.3, 0.4) is 0 Å². The van der Waals surface area contributed by atoms with Gasteiger partial charge >= 0.3 is 0 Å². The zero-order valence-electron chi connectivity index (χ0n) is 9.90. The van der Waals surface area contributed by atoms with Gasteiger partial charge in [0.05, 0.1) is 5.56 Å². The van der Waals surface area contributed by atoms with Gasteiger partial charge in [-0.25, -0.2) is 0 Å². The molecule has 1 aliphatic carbocycles. The summed E-state index contributed by atoms with van der Waals surface area (Å²) >= 11 is 8.21. The number of benzene rings is 1. The number of rotatable bonds is 2. The Bertz CT molecular complexity index is 531. The van der Waals surface area contributed by atoms with Crippen molar-refractivity contribution in [2.24, 2.45) is 5.92 Å². The van der Waals surface area contributed by atoms with Gasteiger partial charge in [-0.05, 0) is 53.1 Å². The molecule has 0 radical (unpaired) electrons. The third kappa shape index (κ3) is 4.00. The third-order valence-electron chi connectivity index (χ3n) is 2.59. The van der Waals surface area contributed by atoms with E-state index in [4.69, 9.17) is 12.2 Å². The fraction of sp³-hybridized carbons (Fsp3) is 0.250. The minimum atomic E-state index is -0.342. The minimum Gasteiger partial charge on any atom is -0.298 e. The van der Waals surface area contributed by atoms with Crippen molar-refractivity contribution in [2.75, 3.05) is 0 Å². The minimum absolute atomic E-state index is 0.0646. The summed E-state index contributed by atoms with van der Waals surface area (Å²) in [5, 5.41) is 2.55. The van der Waals surface area contributed by atoms with Crippen molar-refractivity contribution in [1.29, 1.82) is 0 Å². The Labute approximate surface area is 124 Å². The van der Waals surface area contributed by atoms with Crippen LogP contribution in [0.4, 0.5) is 0 Å². The Balaban J connectivity index is 1.83. The summed E-state index contributed by atoms with van der Waals surface area (Å²) in [6.45, 7) is 0. The summed E-state index contributed by atoms with van der Waals surface area (Å²) < 4.78 is 0.678. The number of carbonyl (C=O) groups excluding carboxylic acids is 2. The number of hydrogen-bond acceptors (Lipinski definition) is 3. The Hall–Kier alpha value is -1.47. The third-order valence-corrected chi connectivity index (χ3v) is 3.49. The molecule has 1 aromatic carbocycles. The number of halogens is 1. The molecule has 0 atom stereocenters. The smallest absolute Gasteiger partial charge is 0.258 e. The highest BCUT2D eigenvalue weighted by atomic mass is 79.9. The summed E-state index contributed by atoms with van der Waals surface area (Å²) in [6, 6.07) is 7.00. The first-order valence-corrected chi connectivity index (χ1v) is 6.94. The summed E-state index contributed by atoms with van der Waals surface area (Å²) in [6.07, 6.45) is 1.81. The highest BCUT2D eigenvalue weighted by molar-refractivity contribution is 9.10. The topological polar surface area (TPSA) is 70.2 Å². The van der Waals surface area contributed by atoms with E-state index in [2.05, 4.69) is 32.1 Å². The molecule has 0 aromatic heterocycles. The number of hydrazine groups is 1. The van der Waals surface area contributed by atoms with Crippen LogP contribution in [0, 0.1) is 5.92 Å². The molecular weight excluding hydrogens is 330 g/mol. The van der Waals surface area contributed by atoms with Gasteiger partial charge in [-0.15, -0.1) is 0 Å². The van der Waals surface area contributed by atoms with Crippen LogP contribution >= 0.6 is 28.1 Å². The van der Waals surface area contributed by atoms with Gasteiger partial charge in [0.15, 0.2) is 5.11 Å². The quantitative estimate of drug-likeness (QED) is 0.563. The molecule has 1 aliphatic rings. The van der Waals surface area contributed by atoms with Gasteiger partial charge in [-0.1, -0.05) is 12.1 Å². The molecular formula is C12H12BrN3O2S. The lowest BCUT2D eigenvalue weighted by molar-refractivity contribution is -0.122. The van der Waals surface area contributed by atoms with Crippen LogP contribution in [0.1, 0.15) is 23.2 Å². The average Bonchev–Trinajstić information content (AvgIpc) is 3.20. The predicted molar refractivity (Wildman–Crippen MR) is 78.2 cm³/mol. The van der Waals surface area contributed by atoms with Crippen LogP contribution in [0.2, 0.25) is 0 Å². The van der Waals surface area contributed by atoms with Crippen molar-refractivity contribution in [1.82, 2.24) is 16.2 Å². The first-order valence-electron chi connectivity index (χ1n) is 5.73. The maximum Gasteiger partial charge on any atom is 0.258 e. The first-order chi connectivity index (χ1) is 9.08. The number of hydrogen-bond donors (Lipinski definition) is 3. The molecule has 0 aliphatic heterocycles. The van der Waals surface area contributed by atoms with Crippen molar-refractivity contribution in [3.63, 3.8) is 0 Å². The Kier molecular flexibility index (Phi) is 4.49. The molecule has 0 heterocycles. The molecule has 7 heteroatoms. The lowest BCUT2D eigenvalue weighted by Gasteiger charge is -2.11. The second kappa shape index (κ2) is 6.12. The van der Waals surface area contributed by atoms with Crippen molar-refractivity contribution >= 4 is 45.1 Å². The van der Waals surface area contributed by atoms with Gasteiger partial charge in [0, 0.05) is 10.4 Å². The lowest BCUT2D eigenvalue weighted by atomic mass is 10.2. The van der Waals surface area contributed by atoms with E-state index in [1.165, 1.54) is 0 Å². The van der Waals surface area contributed by atoms with Gasteiger partial charge in [0.2, 0.25) is 5.91 Å². The molecule has 3 N–H and O–H groups in total. The summed E-state index contributed by atoms with van der Waals surface area (Å²) in [7, 11) is 0. The highest BCUT2D eigenvalue weighted by Crippen LogP contribution is 2.28. The average molecular weight is 342 g/mol. The van der Waals surface area contributed by atoms with E-state index in [1.807, 2.05) is 6.07 Å². The zero-order chi connectivity index (χ0) is 13.8. The van der Waals surface area contributed by atoms with Gasteiger partial charge in [-0.2, -0.15) is 0 Å².